The highest BCUT2D eigenvalue weighted by molar-refractivity contribution is 5.53. The first kappa shape index (κ1) is 20.7. The van der Waals surface area contributed by atoms with E-state index in [9.17, 15) is 4.39 Å². The van der Waals surface area contributed by atoms with Crippen LogP contribution in [0, 0.1) is 19.7 Å². The van der Waals surface area contributed by atoms with E-state index in [0.717, 1.165) is 28.2 Å². The van der Waals surface area contributed by atoms with Crippen molar-refractivity contribution < 1.29 is 18.6 Å². The predicted octanol–water partition coefficient (Wildman–Crippen LogP) is 3.94. The number of hydrogen-bond acceptors (Lipinski definition) is 5. The summed E-state index contributed by atoms with van der Waals surface area (Å²) in [4.78, 5) is 0. The summed E-state index contributed by atoms with van der Waals surface area (Å²) in [5, 5.41) is 8.06. The molecular weight excluding hydrogens is 373 g/mol. The number of nitrogens with one attached hydrogen (secondary N) is 1. The van der Waals surface area contributed by atoms with E-state index in [4.69, 9.17) is 14.2 Å². The van der Waals surface area contributed by atoms with Gasteiger partial charge in [0.2, 0.25) is 5.75 Å². The molecule has 2 aromatic carbocycles. The standard InChI is InChI=1S/C22H26FN3O3/c1-14-19(15(2)26(25-14)18-8-6-17(23)7-9-18)13-24-12-16-10-20(27-3)22(29-5)21(11-16)28-4/h6-11,24H,12-13H2,1-5H3. The summed E-state index contributed by atoms with van der Waals surface area (Å²) in [5.41, 5.74) is 4.92. The van der Waals surface area contributed by atoms with E-state index in [1.165, 1.54) is 12.1 Å². The van der Waals surface area contributed by atoms with Crippen LogP contribution in [0.2, 0.25) is 0 Å². The van der Waals surface area contributed by atoms with Crippen LogP contribution in [0.3, 0.4) is 0 Å². The van der Waals surface area contributed by atoms with E-state index in [1.807, 2.05) is 30.7 Å². The van der Waals surface area contributed by atoms with Gasteiger partial charge in [0, 0.05) is 24.3 Å². The second-order valence-electron chi connectivity index (χ2n) is 6.67. The Morgan fingerprint density at radius 3 is 2.10 bits per heavy atom. The molecule has 0 spiro atoms. The molecule has 0 fully saturated rings. The zero-order chi connectivity index (χ0) is 21.0. The third-order valence-corrected chi connectivity index (χ3v) is 4.87. The maximum Gasteiger partial charge on any atom is 0.203 e. The third kappa shape index (κ3) is 4.35. The summed E-state index contributed by atoms with van der Waals surface area (Å²) in [6, 6.07) is 10.2. The molecule has 0 unspecified atom stereocenters. The van der Waals surface area contributed by atoms with Crippen LogP contribution >= 0.6 is 0 Å². The smallest absolute Gasteiger partial charge is 0.203 e. The van der Waals surface area contributed by atoms with Crippen LogP contribution in [0.4, 0.5) is 4.39 Å². The average molecular weight is 399 g/mol. The quantitative estimate of drug-likeness (QED) is 0.622. The number of methoxy groups -OCH3 is 3. The Hall–Kier alpha value is -3.06. The fourth-order valence-electron chi connectivity index (χ4n) is 3.33. The van der Waals surface area contributed by atoms with Gasteiger partial charge in [-0.1, -0.05) is 0 Å². The van der Waals surface area contributed by atoms with E-state index in [0.29, 0.717) is 30.3 Å². The van der Waals surface area contributed by atoms with Crippen molar-refractivity contribution in [2.45, 2.75) is 26.9 Å². The maximum atomic E-state index is 13.2. The molecule has 0 bridgehead atoms. The van der Waals surface area contributed by atoms with Crippen molar-refractivity contribution >= 4 is 0 Å². The molecule has 1 heterocycles. The highest BCUT2D eigenvalue weighted by atomic mass is 19.1. The molecule has 0 atom stereocenters. The molecule has 154 valence electrons. The van der Waals surface area contributed by atoms with Crippen molar-refractivity contribution in [2.24, 2.45) is 0 Å². The number of rotatable bonds is 8. The molecule has 0 amide bonds. The van der Waals surface area contributed by atoms with Gasteiger partial charge in [0.15, 0.2) is 11.5 Å². The van der Waals surface area contributed by atoms with E-state index in [-0.39, 0.29) is 5.82 Å². The van der Waals surface area contributed by atoms with Gasteiger partial charge < -0.3 is 19.5 Å². The molecule has 1 N–H and O–H groups in total. The van der Waals surface area contributed by atoms with E-state index in [2.05, 4.69) is 10.4 Å². The van der Waals surface area contributed by atoms with Crippen LogP contribution in [0.1, 0.15) is 22.5 Å². The Labute approximate surface area is 170 Å². The van der Waals surface area contributed by atoms with Gasteiger partial charge in [-0.25, -0.2) is 9.07 Å². The van der Waals surface area contributed by atoms with Crippen molar-refractivity contribution in [3.8, 4) is 22.9 Å². The Kier molecular flexibility index (Phi) is 6.39. The second kappa shape index (κ2) is 8.96. The molecule has 6 nitrogen and oxygen atoms in total. The number of aryl methyl sites for hydroxylation is 1. The number of aromatic nitrogens is 2. The molecule has 0 aliphatic carbocycles. The van der Waals surface area contributed by atoms with E-state index < -0.39 is 0 Å². The first-order valence-corrected chi connectivity index (χ1v) is 9.29. The highest BCUT2D eigenvalue weighted by Gasteiger charge is 2.15. The maximum absolute atomic E-state index is 13.2. The van der Waals surface area contributed by atoms with Gasteiger partial charge in [-0.05, 0) is 55.8 Å². The zero-order valence-corrected chi connectivity index (χ0v) is 17.4. The summed E-state index contributed by atoms with van der Waals surface area (Å²) in [6.07, 6.45) is 0. The topological polar surface area (TPSA) is 57.5 Å². The fourth-order valence-corrected chi connectivity index (χ4v) is 3.33. The lowest BCUT2D eigenvalue weighted by Gasteiger charge is -2.14. The van der Waals surface area contributed by atoms with Crippen molar-refractivity contribution in [1.82, 2.24) is 15.1 Å². The molecule has 0 radical (unpaired) electrons. The summed E-state index contributed by atoms with van der Waals surface area (Å²) in [5.74, 6) is 1.56. The van der Waals surface area contributed by atoms with Crippen molar-refractivity contribution in [2.75, 3.05) is 21.3 Å². The van der Waals surface area contributed by atoms with Gasteiger partial charge >= 0.3 is 0 Å². The van der Waals surface area contributed by atoms with Gasteiger partial charge in [-0.3, -0.25) is 0 Å². The lowest BCUT2D eigenvalue weighted by molar-refractivity contribution is 0.323. The largest absolute Gasteiger partial charge is 0.493 e. The zero-order valence-electron chi connectivity index (χ0n) is 17.4. The average Bonchev–Trinajstić information content (AvgIpc) is 3.01. The molecule has 0 aliphatic rings. The Bertz CT molecular complexity index is 959. The van der Waals surface area contributed by atoms with E-state index in [1.54, 1.807) is 33.5 Å². The molecule has 0 saturated heterocycles. The molecular formula is C22H26FN3O3. The minimum absolute atomic E-state index is 0.262. The van der Waals surface area contributed by atoms with Crippen LogP contribution in [0.5, 0.6) is 17.2 Å². The summed E-state index contributed by atoms with van der Waals surface area (Å²) in [6.45, 7) is 5.26. The Morgan fingerprint density at radius 1 is 0.931 bits per heavy atom. The second-order valence-corrected chi connectivity index (χ2v) is 6.67. The number of ether oxygens (including phenoxy) is 3. The van der Waals surface area contributed by atoms with Gasteiger partial charge in [-0.2, -0.15) is 5.10 Å². The molecule has 7 heteroatoms. The minimum Gasteiger partial charge on any atom is -0.493 e. The first-order chi connectivity index (χ1) is 14.0. The summed E-state index contributed by atoms with van der Waals surface area (Å²) in [7, 11) is 4.79. The molecule has 0 saturated carbocycles. The van der Waals surface area contributed by atoms with Crippen LogP contribution < -0.4 is 19.5 Å². The molecule has 29 heavy (non-hydrogen) atoms. The third-order valence-electron chi connectivity index (χ3n) is 4.87. The van der Waals surface area contributed by atoms with Crippen LogP contribution in [0.15, 0.2) is 36.4 Å². The Morgan fingerprint density at radius 2 is 1.55 bits per heavy atom. The molecule has 1 aromatic heterocycles. The monoisotopic (exact) mass is 399 g/mol. The number of benzene rings is 2. The van der Waals surface area contributed by atoms with Crippen molar-refractivity contribution in [1.29, 1.82) is 0 Å². The predicted molar refractivity (Wildman–Crippen MR) is 110 cm³/mol. The van der Waals surface area contributed by atoms with Crippen LogP contribution in [0.25, 0.3) is 5.69 Å². The van der Waals surface area contributed by atoms with Gasteiger partial charge in [0.25, 0.3) is 0 Å². The normalized spacial score (nSPS) is 10.8. The van der Waals surface area contributed by atoms with Gasteiger partial charge in [0.1, 0.15) is 5.82 Å². The fraction of sp³-hybridized carbons (Fsp3) is 0.318. The molecule has 3 rings (SSSR count). The van der Waals surface area contributed by atoms with Crippen LogP contribution in [-0.4, -0.2) is 31.1 Å². The summed E-state index contributed by atoms with van der Waals surface area (Å²) < 4.78 is 31.2. The number of nitrogens with zero attached hydrogens (tertiary/aromatic N) is 2. The number of halogens is 1. The first-order valence-electron chi connectivity index (χ1n) is 9.29. The number of hydrogen-bond donors (Lipinski definition) is 1. The van der Waals surface area contributed by atoms with Gasteiger partial charge in [-0.15, -0.1) is 0 Å². The van der Waals surface area contributed by atoms with Gasteiger partial charge in [0.05, 0.1) is 32.7 Å². The Balaban J connectivity index is 1.75. The molecule has 3 aromatic rings. The lowest BCUT2D eigenvalue weighted by atomic mass is 10.1. The molecule has 0 aliphatic heterocycles. The van der Waals surface area contributed by atoms with Crippen molar-refractivity contribution in [3.63, 3.8) is 0 Å². The lowest BCUT2D eigenvalue weighted by Crippen LogP contribution is -2.14. The SMILES string of the molecule is COc1cc(CNCc2c(C)nn(-c3ccc(F)cc3)c2C)cc(OC)c1OC. The minimum atomic E-state index is -0.262. The van der Waals surface area contributed by atoms with Crippen molar-refractivity contribution in [3.05, 3.63) is 64.7 Å². The highest BCUT2D eigenvalue weighted by Crippen LogP contribution is 2.38. The van der Waals surface area contributed by atoms with E-state index >= 15 is 0 Å². The van der Waals surface area contributed by atoms with Crippen LogP contribution in [-0.2, 0) is 13.1 Å². The summed E-state index contributed by atoms with van der Waals surface area (Å²) >= 11 is 0.